The van der Waals surface area contributed by atoms with Crippen molar-refractivity contribution in [2.45, 2.75) is 12.8 Å². The molecule has 2 saturated heterocycles. The molecular weight excluding hydrogens is 442 g/mol. The molecule has 1 amide bonds. The van der Waals surface area contributed by atoms with E-state index in [0.717, 1.165) is 57.0 Å². The van der Waals surface area contributed by atoms with Crippen LogP contribution in [0.4, 0.5) is 11.5 Å². The molecule has 182 valence electrons. The third kappa shape index (κ3) is 5.31. The molecule has 0 saturated carbocycles. The van der Waals surface area contributed by atoms with Gasteiger partial charge in [0.2, 0.25) is 5.91 Å². The molecule has 3 heterocycles. The van der Waals surface area contributed by atoms with Gasteiger partial charge in [0.15, 0.2) is 5.82 Å². The minimum atomic E-state index is -0.0568. The average molecular weight is 474 g/mol. The molecule has 5 rings (SSSR count). The number of hydrogen-bond acceptors (Lipinski definition) is 7. The molecule has 2 aromatic carbocycles. The molecular formula is C27H31N5O3. The first-order valence-corrected chi connectivity index (χ1v) is 12.2. The zero-order chi connectivity index (χ0) is 24.0. The van der Waals surface area contributed by atoms with Gasteiger partial charge in [-0.1, -0.05) is 24.3 Å². The van der Waals surface area contributed by atoms with Crippen LogP contribution in [-0.4, -0.2) is 67.2 Å². The monoisotopic (exact) mass is 473 g/mol. The number of hydrogen-bond donors (Lipinski definition) is 0. The lowest BCUT2D eigenvalue weighted by atomic mass is 9.96. The van der Waals surface area contributed by atoms with Crippen LogP contribution in [-0.2, 0) is 4.79 Å². The van der Waals surface area contributed by atoms with Crippen molar-refractivity contribution in [2.24, 2.45) is 5.92 Å². The fraction of sp³-hybridized carbons (Fsp3) is 0.370. The number of para-hydroxylation sites is 1. The number of aromatic nitrogens is 2. The summed E-state index contributed by atoms with van der Waals surface area (Å²) in [6.07, 6.45) is 5.13. The van der Waals surface area contributed by atoms with Crippen LogP contribution in [0.5, 0.6) is 17.4 Å². The first-order valence-electron chi connectivity index (χ1n) is 12.2. The van der Waals surface area contributed by atoms with Crippen molar-refractivity contribution in [3.63, 3.8) is 0 Å². The van der Waals surface area contributed by atoms with Crippen LogP contribution in [0.25, 0.3) is 0 Å². The lowest BCUT2D eigenvalue weighted by Gasteiger charge is -2.40. The number of ether oxygens (including phenoxy) is 2. The van der Waals surface area contributed by atoms with Crippen molar-refractivity contribution in [3.05, 3.63) is 67.0 Å². The van der Waals surface area contributed by atoms with Gasteiger partial charge in [-0.2, -0.15) is 0 Å². The van der Waals surface area contributed by atoms with E-state index in [1.165, 1.54) is 0 Å². The Hall–Kier alpha value is -3.81. The van der Waals surface area contributed by atoms with E-state index in [1.807, 2.05) is 53.4 Å². The topological polar surface area (TPSA) is 71.0 Å². The van der Waals surface area contributed by atoms with Crippen molar-refractivity contribution in [1.82, 2.24) is 14.9 Å². The number of methoxy groups -OCH3 is 1. The quantitative estimate of drug-likeness (QED) is 0.539. The fourth-order valence-corrected chi connectivity index (χ4v) is 4.83. The van der Waals surface area contributed by atoms with Crippen molar-refractivity contribution >= 4 is 17.4 Å². The number of piperidine rings is 1. The van der Waals surface area contributed by atoms with Crippen LogP contribution in [0, 0.1) is 5.92 Å². The molecule has 1 atom stereocenters. The Morgan fingerprint density at radius 1 is 0.886 bits per heavy atom. The van der Waals surface area contributed by atoms with Gasteiger partial charge in [0, 0.05) is 63.4 Å². The maximum absolute atomic E-state index is 13.4. The van der Waals surface area contributed by atoms with Gasteiger partial charge in [-0.05, 0) is 37.1 Å². The van der Waals surface area contributed by atoms with E-state index in [2.05, 4.69) is 25.8 Å². The van der Waals surface area contributed by atoms with Gasteiger partial charge >= 0.3 is 0 Å². The minimum Gasteiger partial charge on any atom is -0.497 e. The SMILES string of the molecule is COc1cccc(N2CCN(C(=O)[C@H]3CCCN(c4nccnc4Oc4ccccc4)C3)CC2)c1. The Morgan fingerprint density at radius 3 is 2.46 bits per heavy atom. The van der Waals surface area contributed by atoms with E-state index >= 15 is 0 Å². The normalized spacial score (nSPS) is 18.3. The lowest BCUT2D eigenvalue weighted by Crippen LogP contribution is -2.52. The maximum atomic E-state index is 13.4. The summed E-state index contributed by atoms with van der Waals surface area (Å²) >= 11 is 0. The van der Waals surface area contributed by atoms with Crippen molar-refractivity contribution in [3.8, 4) is 17.4 Å². The summed E-state index contributed by atoms with van der Waals surface area (Å²) in [5.41, 5.74) is 1.13. The first kappa shape index (κ1) is 23.0. The smallest absolute Gasteiger partial charge is 0.263 e. The Bertz CT molecular complexity index is 1130. The zero-order valence-electron chi connectivity index (χ0n) is 20.0. The second-order valence-corrected chi connectivity index (χ2v) is 8.90. The summed E-state index contributed by atoms with van der Waals surface area (Å²) in [6, 6.07) is 17.7. The molecule has 0 unspecified atom stereocenters. The Labute approximate surface area is 206 Å². The molecule has 8 heteroatoms. The fourth-order valence-electron chi connectivity index (χ4n) is 4.83. The molecule has 2 aliphatic heterocycles. The molecule has 0 N–H and O–H groups in total. The van der Waals surface area contributed by atoms with Gasteiger partial charge in [0.05, 0.1) is 13.0 Å². The zero-order valence-corrected chi connectivity index (χ0v) is 20.0. The minimum absolute atomic E-state index is 0.0568. The molecule has 3 aromatic rings. The third-order valence-corrected chi connectivity index (χ3v) is 6.68. The first-order chi connectivity index (χ1) is 17.2. The highest BCUT2D eigenvalue weighted by atomic mass is 16.5. The standard InChI is InChI=1S/C27H31N5O3/c1-34-24-11-5-8-22(19-24)30-15-17-31(18-16-30)27(33)21-7-6-14-32(20-21)25-26(29-13-12-28-25)35-23-9-3-2-4-10-23/h2-5,8-13,19,21H,6-7,14-18,20H2,1H3/t21-/m0/s1. The summed E-state index contributed by atoms with van der Waals surface area (Å²) in [7, 11) is 1.68. The number of piperazine rings is 1. The molecule has 35 heavy (non-hydrogen) atoms. The number of nitrogens with zero attached hydrogens (tertiary/aromatic N) is 5. The molecule has 2 fully saturated rings. The number of amides is 1. The average Bonchev–Trinajstić information content (AvgIpc) is 2.94. The molecule has 0 aliphatic carbocycles. The van der Waals surface area contributed by atoms with Gasteiger partial charge in [-0.15, -0.1) is 0 Å². The van der Waals surface area contributed by atoms with Crippen molar-refractivity contribution < 1.29 is 14.3 Å². The number of rotatable bonds is 6. The van der Waals surface area contributed by atoms with E-state index < -0.39 is 0 Å². The lowest BCUT2D eigenvalue weighted by molar-refractivity contribution is -0.136. The molecule has 0 spiro atoms. The summed E-state index contributed by atoms with van der Waals surface area (Å²) in [5, 5.41) is 0. The van der Waals surface area contributed by atoms with Crippen molar-refractivity contribution in [1.29, 1.82) is 0 Å². The number of anilines is 2. The van der Waals surface area contributed by atoms with E-state index in [-0.39, 0.29) is 11.8 Å². The van der Waals surface area contributed by atoms with Crippen LogP contribution in [0.3, 0.4) is 0 Å². The predicted molar refractivity (Wildman–Crippen MR) is 135 cm³/mol. The van der Waals surface area contributed by atoms with Crippen molar-refractivity contribution in [2.75, 3.05) is 56.2 Å². The largest absolute Gasteiger partial charge is 0.497 e. The molecule has 1 aromatic heterocycles. The Balaban J connectivity index is 1.22. The highest BCUT2D eigenvalue weighted by molar-refractivity contribution is 5.80. The van der Waals surface area contributed by atoms with E-state index in [4.69, 9.17) is 9.47 Å². The van der Waals surface area contributed by atoms with Gasteiger partial charge in [-0.25, -0.2) is 9.97 Å². The van der Waals surface area contributed by atoms with Crippen LogP contribution in [0.15, 0.2) is 67.0 Å². The van der Waals surface area contributed by atoms with Gasteiger partial charge < -0.3 is 24.2 Å². The second kappa shape index (κ2) is 10.6. The van der Waals surface area contributed by atoms with Gasteiger partial charge in [-0.3, -0.25) is 4.79 Å². The maximum Gasteiger partial charge on any atom is 0.263 e. The van der Waals surface area contributed by atoms with E-state index in [0.29, 0.717) is 24.0 Å². The highest BCUT2D eigenvalue weighted by Gasteiger charge is 2.32. The Morgan fingerprint density at radius 2 is 1.66 bits per heavy atom. The van der Waals surface area contributed by atoms with Crippen LogP contribution >= 0.6 is 0 Å². The second-order valence-electron chi connectivity index (χ2n) is 8.90. The highest BCUT2D eigenvalue weighted by Crippen LogP contribution is 2.31. The number of benzene rings is 2. The van der Waals surface area contributed by atoms with Crippen LogP contribution < -0.4 is 19.3 Å². The van der Waals surface area contributed by atoms with Gasteiger partial charge in [0.25, 0.3) is 5.88 Å². The summed E-state index contributed by atoms with van der Waals surface area (Å²) in [5.74, 6) is 2.90. The van der Waals surface area contributed by atoms with E-state index in [9.17, 15) is 4.79 Å². The predicted octanol–water partition coefficient (Wildman–Crippen LogP) is 3.84. The molecule has 8 nitrogen and oxygen atoms in total. The summed E-state index contributed by atoms with van der Waals surface area (Å²) < 4.78 is 11.4. The summed E-state index contributed by atoms with van der Waals surface area (Å²) in [6.45, 7) is 4.53. The van der Waals surface area contributed by atoms with Crippen LogP contribution in [0.2, 0.25) is 0 Å². The Kier molecular flexibility index (Phi) is 6.97. The van der Waals surface area contributed by atoms with Gasteiger partial charge in [0.1, 0.15) is 11.5 Å². The summed E-state index contributed by atoms with van der Waals surface area (Å²) in [4.78, 5) is 28.9. The third-order valence-electron chi connectivity index (χ3n) is 6.68. The molecule has 2 aliphatic rings. The number of carbonyl (C=O) groups is 1. The molecule has 0 bridgehead atoms. The number of carbonyl (C=O) groups excluding carboxylic acids is 1. The molecule has 0 radical (unpaired) electrons. The van der Waals surface area contributed by atoms with E-state index in [1.54, 1.807) is 19.5 Å². The van der Waals surface area contributed by atoms with Crippen LogP contribution in [0.1, 0.15) is 12.8 Å².